The highest BCUT2D eigenvalue weighted by Gasteiger charge is 2.30. The van der Waals surface area contributed by atoms with Crippen LogP contribution in [0.5, 0.6) is 5.75 Å². The molecule has 2 N–H and O–H groups in total. The van der Waals surface area contributed by atoms with Gasteiger partial charge in [0.05, 0.1) is 25.5 Å². The average molecular weight is 395 g/mol. The van der Waals surface area contributed by atoms with Crippen molar-refractivity contribution in [2.45, 2.75) is 31.5 Å². The molecular formula is C20H20F3NO4. The van der Waals surface area contributed by atoms with Gasteiger partial charge in [-0.1, -0.05) is 24.3 Å². The zero-order chi connectivity index (χ0) is 20.7. The minimum Gasteiger partial charge on any atom is -0.497 e. The van der Waals surface area contributed by atoms with Crippen LogP contribution in [0.25, 0.3) is 0 Å². The molecule has 0 saturated carbocycles. The molecule has 0 aromatic heterocycles. The number of carboxylic acids is 1. The monoisotopic (exact) mass is 395 g/mol. The second-order valence-corrected chi connectivity index (χ2v) is 6.29. The van der Waals surface area contributed by atoms with Gasteiger partial charge in [-0.15, -0.1) is 0 Å². The topological polar surface area (TPSA) is 75.6 Å². The molecule has 1 atom stereocenters. The van der Waals surface area contributed by atoms with Crippen LogP contribution in [-0.4, -0.2) is 30.1 Å². The van der Waals surface area contributed by atoms with Gasteiger partial charge in [0.2, 0.25) is 5.91 Å². The van der Waals surface area contributed by atoms with Crippen molar-refractivity contribution in [1.29, 1.82) is 0 Å². The summed E-state index contributed by atoms with van der Waals surface area (Å²) in [7, 11) is 1.51. The lowest BCUT2D eigenvalue weighted by Gasteiger charge is -2.18. The SMILES string of the molecule is COc1cccc(CC(=O)N[C@H](CC(=O)O)Cc2ccc(C(F)(F)F)cc2)c1. The van der Waals surface area contributed by atoms with Gasteiger partial charge < -0.3 is 15.2 Å². The van der Waals surface area contributed by atoms with Crippen molar-refractivity contribution in [3.05, 3.63) is 65.2 Å². The molecule has 0 unspecified atom stereocenters. The van der Waals surface area contributed by atoms with Crippen molar-refractivity contribution >= 4 is 11.9 Å². The van der Waals surface area contributed by atoms with Crippen LogP contribution >= 0.6 is 0 Å². The van der Waals surface area contributed by atoms with Gasteiger partial charge in [-0.25, -0.2) is 0 Å². The summed E-state index contributed by atoms with van der Waals surface area (Å²) in [5.74, 6) is -0.901. The first-order valence-corrected chi connectivity index (χ1v) is 8.47. The largest absolute Gasteiger partial charge is 0.497 e. The highest BCUT2D eigenvalue weighted by molar-refractivity contribution is 5.79. The zero-order valence-corrected chi connectivity index (χ0v) is 15.1. The lowest BCUT2D eigenvalue weighted by atomic mass is 10.0. The molecule has 0 heterocycles. The van der Waals surface area contributed by atoms with E-state index in [2.05, 4.69) is 5.32 Å². The number of halogens is 3. The first-order valence-electron chi connectivity index (χ1n) is 8.47. The van der Waals surface area contributed by atoms with Crippen LogP contribution in [-0.2, 0) is 28.6 Å². The first-order chi connectivity index (χ1) is 13.2. The number of aliphatic carboxylic acids is 1. The van der Waals surface area contributed by atoms with Crippen molar-refractivity contribution < 1.29 is 32.6 Å². The van der Waals surface area contributed by atoms with Gasteiger partial charge in [-0.2, -0.15) is 13.2 Å². The highest BCUT2D eigenvalue weighted by Crippen LogP contribution is 2.29. The van der Waals surface area contributed by atoms with Crippen LogP contribution in [0.2, 0.25) is 0 Å². The molecule has 8 heteroatoms. The van der Waals surface area contributed by atoms with E-state index >= 15 is 0 Å². The van der Waals surface area contributed by atoms with Crippen LogP contribution in [0.1, 0.15) is 23.1 Å². The molecule has 2 aromatic rings. The molecule has 0 bridgehead atoms. The third-order valence-corrected chi connectivity index (χ3v) is 4.05. The molecule has 28 heavy (non-hydrogen) atoms. The first kappa shape index (κ1) is 21.3. The number of alkyl halides is 3. The maximum Gasteiger partial charge on any atom is 0.416 e. The number of carbonyl (C=O) groups is 2. The number of rotatable bonds is 8. The van der Waals surface area contributed by atoms with Crippen LogP contribution in [0, 0.1) is 0 Å². The summed E-state index contributed by atoms with van der Waals surface area (Å²) in [5.41, 5.74) is 0.412. The number of hydrogen-bond donors (Lipinski definition) is 2. The molecule has 0 spiro atoms. The van der Waals surface area contributed by atoms with Gasteiger partial charge >= 0.3 is 12.1 Å². The quantitative estimate of drug-likeness (QED) is 0.718. The summed E-state index contributed by atoms with van der Waals surface area (Å²) in [4.78, 5) is 23.4. The lowest BCUT2D eigenvalue weighted by molar-refractivity contribution is -0.138. The maximum atomic E-state index is 12.6. The smallest absolute Gasteiger partial charge is 0.416 e. The molecule has 0 radical (unpaired) electrons. The normalized spacial score (nSPS) is 12.3. The summed E-state index contributed by atoms with van der Waals surface area (Å²) >= 11 is 0. The van der Waals surface area contributed by atoms with Crippen molar-refractivity contribution in [2.75, 3.05) is 7.11 Å². The Morgan fingerprint density at radius 3 is 2.36 bits per heavy atom. The molecule has 1 amide bonds. The molecule has 0 aliphatic rings. The number of carboxylic acid groups (broad SMARTS) is 1. The third kappa shape index (κ3) is 6.61. The summed E-state index contributed by atoms with van der Waals surface area (Å²) < 4.78 is 43.0. The third-order valence-electron chi connectivity index (χ3n) is 4.05. The number of nitrogens with one attached hydrogen (secondary N) is 1. The number of ether oxygens (including phenoxy) is 1. The minimum atomic E-state index is -4.44. The van der Waals surface area contributed by atoms with Crippen LogP contribution < -0.4 is 10.1 Å². The van der Waals surface area contributed by atoms with E-state index in [0.29, 0.717) is 16.9 Å². The van der Waals surface area contributed by atoms with Gasteiger partial charge in [0.1, 0.15) is 5.75 Å². The zero-order valence-electron chi connectivity index (χ0n) is 15.1. The number of carbonyl (C=O) groups excluding carboxylic acids is 1. The van der Waals surface area contributed by atoms with Crippen LogP contribution in [0.15, 0.2) is 48.5 Å². The maximum absolute atomic E-state index is 12.6. The van der Waals surface area contributed by atoms with E-state index < -0.39 is 23.8 Å². The number of hydrogen-bond acceptors (Lipinski definition) is 3. The Bertz CT molecular complexity index is 819. The molecule has 0 aliphatic heterocycles. The summed E-state index contributed by atoms with van der Waals surface area (Å²) in [6.07, 6.45) is -4.65. The van der Waals surface area contributed by atoms with E-state index in [1.807, 2.05) is 0 Å². The Kier molecular flexibility index (Phi) is 7.03. The van der Waals surface area contributed by atoms with Crippen molar-refractivity contribution in [1.82, 2.24) is 5.32 Å². The van der Waals surface area contributed by atoms with E-state index in [1.165, 1.54) is 19.2 Å². The van der Waals surface area contributed by atoms with E-state index in [0.717, 1.165) is 12.1 Å². The standard InChI is InChI=1S/C20H20F3NO4/c1-28-17-4-2-3-14(10-17)11-18(25)24-16(12-19(26)27)9-13-5-7-15(8-6-13)20(21,22)23/h2-8,10,16H,9,11-12H2,1H3,(H,24,25)(H,26,27)/t16-/m0/s1. The molecule has 150 valence electrons. The van der Waals surface area contributed by atoms with Crippen LogP contribution in [0.3, 0.4) is 0 Å². The molecule has 0 saturated heterocycles. The Balaban J connectivity index is 2.04. The Labute approximate surface area is 160 Å². The Morgan fingerprint density at radius 2 is 1.79 bits per heavy atom. The fourth-order valence-electron chi connectivity index (χ4n) is 2.75. The van der Waals surface area contributed by atoms with Gasteiger partial charge in [0.25, 0.3) is 0 Å². The molecule has 0 fully saturated rings. The van der Waals surface area contributed by atoms with Crippen molar-refractivity contribution in [2.24, 2.45) is 0 Å². The molecular weight excluding hydrogens is 375 g/mol. The second-order valence-electron chi connectivity index (χ2n) is 6.29. The fraction of sp³-hybridized carbons (Fsp3) is 0.300. The average Bonchev–Trinajstić information content (AvgIpc) is 2.60. The van der Waals surface area contributed by atoms with Gasteiger partial charge in [-0.05, 0) is 41.8 Å². The van der Waals surface area contributed by atoms with E-state index in [-0.39, 0.29) is 25.2 Å². The molecule has 2 aromatic carbocycles. The van der Waals surface area contributed by atoms with Crippen molar-refractivity contribution in [3.8, 4) is 5.75 Å². The van der Waals surface area contributed by atoms with E-state index in [4.69, 9.17) is 9.84 Å². The van der Waals surface area contributed by atoms with Gasteiger partial charge in [0.15, 0.2) is 0 Å². The van der Waals surface area contributed by atoms with Crippen molar-refractivity contribution in [3.63, 3.8) is 0 Å². The Hall–Kier alpha value is -3.03. The predicted molar refractivity (Wildman–Crippen MR) is 96.0 cm³/mol. The summed E-state index contributed by atoms with van der Waals surface area (Å²) in [6.45, 7) is 0. The van der Waals surface area contributed by atoms with Gasteiger partial charge in [-0.3, -0.25) is 9.59 Å². The lowest BCUT2D eigenvalue weighted by Crippen LogP contribution is -2.39. The summed E-state index contributed by atoms with van der Waals surface area (Å²) in [6, 6.07) is 10.6. The molecule has 0 aliphatic carbocycles. The fourth-order valence-corrected chi connectivity index (χ4v) is 2.75. The Morgan fingerprint density at radius 1 is 1.11 bits per heavy atom. The van der Waals surface area contributed by atoms with E-state index in [1.54, 1.807) is 24.3 Å². The minimum absolute atomic E-state index is 0.0281. The van der Waals surface area contributed by atoms with Crippen LogP contribution in [0.4, 0.5) is 13.2 Å². The van der Waals surface area contributed by atoms with Gasteiger partial charge in [0, 0.05) is 6.04 Å². The predicted octanol–water partition coefficient (Wildman–Crippen LogP) is 3.46. The molecule has 5 nitrogen and oxygen atoms in total. The number of amides is 1. The molecule has 2 rings (SSSR count). The number of benzene rings is 2. The highest BCUT2D eigenvalue weighted by atomic mass is 19.4. The number of methoxy groups -OCH3 is 1. The second kappa shape index (κ2) is 9.25. The summed E-state index contributed by atoms with van der Waals surface area (Å²) in [5, 5.41) is 11.7. The van der Waals surface area contributed by atoms with E-state index in [9.17, 15) is 22.8 Å².